The van der Waals surface area contributed by atoms with Gasteiger partial charge in [0.2, 0.25) is 17.5 Å². The molecule has 2 aromatic carbocycles. The summed E-state index contributed by atoms with van der Waals surface area (Å²) in [5.74, 6) is -0.991. The second-order valence-electron chi connectivity index (χ2n) is 12.4. The minimum Gasteiger partial charge on any atom is -0.481 e. The lowest BCUT2D eigenvalue weighted by atomic mass is 9.86. The van der Waals surface area contributed by atoms with E-state index in [9.17, 15) is 19.2 Å². The van der Waals surface area contributed by atoms with Crippen molar-refractivity contribution in [1.82, 2.24) is 29.5 Å². The number of methoxy groups -OCH3 is 1. The molecule has 1 atom stereocenters. The number of likely N-dealkylation sites (tertiary alicyclic amines) is 1. The number of ether oxygens (including phenoxy) is 1. The van der Waals surface area contributed by atoms with Crippen molar-refractivity contribution in [1.29, 1.82) is 0 Å². The predicted molar refractivity (Wildman–Crippen MR) is 177 cm³/mol. The minimum atomic E-state index is -0.903. The monoisotopic (exact) mass is 693 g/mol. The number of aryl methyl sites for hydroxylation is 2. The number of carbonyl (C=O) groups is 2. The van der Waals surface area contributed by atoms with Crippen LogP contribution in [0.3, 0.4) is 0 Å². The highest BCUT2D eigenvalue weighted by molar-refractivity contribution is 6.39. The van der Waals surface area contributed by atoms with Gasteiger partial charge in [0.1, 0.15) is 5.82 Å². The van der Waals surface area contributed by atoms with Crippen LogP contribution in [0.4, 0.5) is 10.1 Å². The van der Waals surface area contributed by atoms with Crippen LogP contribution in [0.25, 0.3) is 22.4 Å². The van der Waals surface area contributed by atoms with E-state index in [-0.39, 0.29) is 44.3 Å². The molecule has 15 heteroatoms. The van der Waals surface area contributed by atoms with Crippen LogP contribution in [0.5, 0.6) is 5.88 Å². The molecule has 48 heavy (non-hydrogen) atoms. The maximum atomic E-state index is 15.6. The first-order valence-electron chi connectivity index (χ1n) is 15.3. The van der Waals surface area contributed by atoms with Gasteiger partial charge in [-0.15, -0.1) is 0 Å². The number of fused-ring (bicyclic) bond motifs is 1. The van der Waals surface area contributed by atoms with E-state index in [0.717, 1.165) is 52.7 Å². The summed E-state index contributed by atoms with van der Waals surface area (Å²) in [5, 5.41) is 9.49. The van der Waals surface area contributed by atoms with Gasteiger partial charge in [-0.2, -0.15) is 5.10 Å². The van der Waals surface area contributed by atoms with E-state index >= 15 is 4.39 Å². The summed E-state index contributed by atoms with van der Waals surface area (Å²) in [6, 6.07) is 9.47. The number of benzene rings is 2. The number of amides is 2. The summed E-state index contributed by atoms with van der Waals surface area (Å²) in [7, 11) is 4.11. The Labute approximate surface area is 283 Å². The zero-order valence-corrected chi connectivity index (χ0v) is 27.7. The van der Waals surface area contributed by atoms with Crippen LogP contribution in [0, 0.1) is 5.82 Å². The highest BCUT2D eigenvalue weighted by Crippen LogP contribution is 2.48. The van der Waals surface area contributed by atoms with Crippen LogP contribution >= 0.6 is 23.2 Å². The molecule has 248 valence electrons. The second-order valence-corrected chi connectivity index (χ2v) is 13.2. The molecule has 2 aromatic heterocycles. The fourth-order valence-corrected chi connectivity index (χ4v) is 7.66. The van der Waals surface area contributed by atoms with Crippen LogP contribution in [0.1, 0.15) is 46.9 Å². The number of aromatic nitrogens is 4. The Hall–Kier alpha value is -4.59. The van der Waals surface area contributed by atoms with E-state index in [1.165, 1.54) is 26.2 Å². The summed E-state index contributed by atoms with van der Waals surface area (Å²) in [5.41, 5.74) is 1.04. The van der Waals surface area contributed by atoms with Crippen molar-refractivity contribution in [3.8, 4) is 28.3 Å². The van der Waals surface area contributed by atoms with Crippen molar-refractivity contribution < 1.29 is 18.7 Å². The van der Waals surface area contributed by atoms with E-state index in [0.29, 0.717) is 23.6 Å². The Kier molecular flexibility index (Phi) is 7.88. The molecule has 1 unspecified atom stereocenters. The van der Waals surface area contributed by atoms with Crippen molar-refractivity contribution >= 4 is 40.7 Å². The molecule has 1 spiro atoms. The number of nitrogens with zero attached hydrogens (tertiary/aromatic N) is 5. The number of anilines is 1. The highest BCUT2D eigenvalue weighted by Gasteiger charge is 2.51. The zero-order chi connectivity index (χ0) is 34.1. The molecule has 2 N–H and O–H groups in total. The number of nitrogens with one attached hydrogen (secondary N) is 2. The standard InChI is InChI=1S/C33H30Cl2FN7O5/c1-41-31(46)28(40-42(2)32(41)47)29(45)37-20-6-4-5-18(26(20)34)25-19(36)9-8-17(27(25)35)21-13-16-7-10-22(24(16)30(38-21)48-3)43-14-33(15-43)12-11-23(44)39-33/h4-6,8-9,13,22H,7,10-12,14-15H2,1-3H3,(H,37,45)(H,39,44). The molecule has 3 aliphatic rings. The topological polar surface area (TPSA) is 140 Å². The molecular weight excluding hydrogens is 664 g/mol. The lowest BCUT2D eigenvalue weighted by Crippen LogP contribution is -2.67. The van der Waals surface area contributed by atoms with E-state index in [4.69, 9.17) is 32.9 Å². The lowest BCUT2D eigenvalue weighted by Gasteiger charge is -2.50. The van der Waals surface area contributed by atoms with Crippen molar-refractivity contribution in [2.24, 2.45) is 14.1 Å². The molecule has 0 radical (unpaired) electrons. The molecule has 2 amide bonds. The number of pyridine rings is 1. The van der Waals surface area contributed by atoms with Crippen LogP contribution in [-0.2, 0) is 25.3 Å². The smallest absolute Gasteiger partial charge is 0.346 e. The first-order valence-corrected chi connectivity index (χ1v) is 16.0. The molecule has 4 heterocycles. The van der Waals surface area contributed by atoms with E-state index < -0.39 is 28.7 Å². The summed E-state index contributed by atoms with van der Waals surface area (Å²) in [4.78, 5) is 56.6. The molecule has 2 aliphatic heterocycles. The minimum absolute atomic E-state index is 0.00459. The van der Waals surface area contributed by atoms with Gasteiger partial charge in [-0.1, -0.05) is 35.3 Å². The third kappa shape index (κ3) is 5.17. The normalized spacial score (nSPS) is 18.0. The average Bonchev–Trinajstić information content (AvgIpc) is 3.66. The van der Waals surface area contributed by atoms with Crippen LogP contribution < -0.4 is 26.6 Å². The van der Waals surface area contributed by atoms with Crippen LogP contribution in [-0.4, -0.2) is 61.8 Å². The van der Waals surface area contributed by atoms with Gasteiger partial charge in [-0.05, 0) is 49.1 Å². The molecule has 0 bridgehead atoms. The van der Waals surface area contributed by atoms with Gasteiger partial charge in [0.05, 0.1) is 34.1 Å². The predicted octanol–water partition coefficient (Wildman–Crippen LogP) is 3.87. The van der Waals surface area contributed by atoms with Gasteiger partial charge in [-0.25, -0.2) is 18.9 Å². The Morgan fingerprint density at radius 3 is 2.56 bits per heavy atom. The van der Waals surface area contributed by atoms with Gasteiger partial charge in [0.25, 0.3) is 11.5 Å². The van der Waals surface area contributed by atoms with Crippen molar-refractivity contribution in [3.05, 3.63) is 89.9 Å². The maximum absolute atomic E-state index is 15.6. The molecule has 12 nitrogen and oxygen atoms in total. The highest BCUT2D eigenvalue weighted by atomic mass is 35.5. The number of halogens is 3. The van der Waals surface area contributed by atoms with Gasteiger partial charge >= 0.3 is 5.69 Å². The Bertz CT molecular complexity index is 2160. The van der Waals surface area contributed by atoms with Crippen molar-refractivity contribution in [2.45, 2.75) is 37.3 Å². The van der Waals surface area contributed by atoms with Crippen LogP contribution in [0.15, 0.2) is 46.0 Å². The molecule has 7 rings (SSSR count). The Morgan fingerprint density at radius 2 is 1.85 bits per heavy atom. The first kappa shape index (κ1) is 32.0. The fourth-order valence-electron chi connectivity index (χ4n) is 7.04. The summed E-state index contributed by atoms with van der Waals surface area (Å²) < 4.78 is 23.0. The Morgan fingerprint density at radius 1 is 1.08 bits per heavy atom. The number of rotatable bonds is 6. The molecule has 4 aromatic rings. The van der Waals surface area contributed by atoms with E-state index in [1.54, 1.807) is 25.3 Å². The molecule has 2 saturated heterocycles. The number of hydrogen-bond donors (Lipinski definition) is 2. The van der Waals surface area contributed by atoms with Crippen molar-refractivity contribution in [3.63, 3.8) is 0 Å². The third-order valence-corrected chi connectivity index (χ3v) is 10.2. The lowest BCUT2D eigenvalue weighted by molar-refractivity contribution is -0.121. The average molecular weight is 695 g/mol. The second kappa shape index (κ2) is 11.8. The van der Waals surface area contributed by atoms with E-state index in [1.807, 2.05) is 6.07 Å². The largest absolute Gasteiger partial charge is 0.481 e. The quantitative estimate of drug-likeness (QED) is 0.310. The third-order valence-electron chi connectivity index (χ3n) is 9.43. The van der Waals surface area contributed by atoms with Gasteiger partial charge in [-0.3, -0.25) is 23.9 Å². The molecular formula is C33H30Cl2FN7O5. The number of carbonyl (C=O) groups excluding carboxylic acids is 2. The Balaban J connectivity index is 1.21. The summed E-state index contributed by atoms with van der Waals surface area (Å²) in [6.45, 7) is 1.55. The SMILES string of the molecule is COc1nc(-c2ccc(F)c(-c3cccc(NC(=O)c4nn(C)c(=O)n(C)c4=O)c3Cl)c2Cl)cc2c1C(N1CC3(CCC(=O)N3)C1)CC2. The molecule has 0 saturated carbocycles. The van der Waals surface area contributed by atoms with Gasteiger partial charge < -0.3 is 15.4 Å². The number of hydrogen-bond acceptors (Lipinski definition) is 8. The summed E-state index contributed by atoms with van der Waals surface area (Å²) >= 11 is 13.6. The fraction of sp³-hybridized carbons (Fsp3) is 0.333. The van der Waals surface area contributed by atoms with Gasteiger partial charge in [0, 0.05) is 61.9 Å². The van der Waals surface area contributed by atoms with Crippen LogP contribution in [0.2, 0.25) is 10.0 Å². The van der Waals surface area contributed by atoms with E-state index in [2.05, 4.69) is 20.6 Å². The first-order chi connectivity index (χ1) is 22.9. The maximum Gasteiger partial charge on any atom is 0.346 e. The molecule has 2 fully saturated rings. The summed E-state index contributed by atoms with van der Waals surface area (Å²) in [6.07, 6.45) is 3.06. The molecule has 1 aliphatic carbocycles. The zero-order valence-electron chi connectivity index (χ0n) is 26.2. The van der Waals surface area contributed by atoms with Crippen molar-refractivity contribution in [2.75, 3.05) is 25.5 Å². The van der Waals surface area contributed by atoms with Gasteiger partial charge in [0.15, 0.2) is 0 Å².